The number of ether oxygens (including phenoxy) is 1. The van der Waals surface area contributed by atoms with Gasteiger partial charge in [0.1, 0.15) is 10.2 Å². The van der Waals surface area contributed by atoms with Crippen LogP contribution < -0.4 is 4.90 Å². The zero-order valence-corrected chi connectivity index (χ0v) is 17.7. The van der Waals surface area contributed by atoms with Gasteiger partial charge >= 0.3 is 12.3 Å². The average Bonchev–Trinajstić information content (AvgIpc) is 2.96. The Morgan fingerprint density at radius 1 is 1.18 bits per heavy atom. The highest BCUT2D eigenvalue weighted by Crippen LogP contribution is 2.43. The summed E-state index contributed by atoms with van der Waals surface area (Å²) in [7, 11) is 0. The second-order valence-electron chi connectivity index (χ2n) is 8.51. The van der Waals surface area contributed by atoms with E-state index in [0.717, 1.165) is 25.8 Å². The van der Waals surface area contributed by atoms with E-state index in [0.29, 0.717) is 25.3 Å². The number of alkyl halides is 3. The summed E-state index contributed by atoms with van der Waals surface area (Å²) >= 11 is 3.16. The number of anilines is 1. The van der Waals surface area contributed by atoms with Crippen LogP contribution in [0.4, 0.5) is 23.7 Å². The molecule has 0 radical (unpaired) electrons. The molecule has 156 valence electrons. The lowest BCUT2D eigenvalue weighted by atomic mass is 9.78. The normalized spacial score (nSPS) is 20.0. The maximum atomic E-state index is 12.8. The van der Waals surface area contributed by atoms with E-state index in [-0.39, 0.29) is 16.1 Å². The molecule has 0 aliphatic carbocycles. The third-order valence-corrected chi connectivity index (χ3v) is 5.82. The Morgan fingerprint density at radius 3 is 2.32 bits per heavy atom. The Labute approximate surface area is 170 Å². The third kappa shape index (κ3) is 4.69. The predicted octanol–water partition coefficient (Wildman–Crippen LogP) is 4.49. The molecule has 0 N–H and O–H groups in total. The van der Waals surface area contributed by atoms with Crippen molar-refractivity contribution in [1.29, 1.82) is 0 Å². The molecule has 2 fully saturated rings. The number of amides is 1. The molecule has 6 nitrogen and oxygen atoms in total. The van der Waals surface area contributed by atoms with Crippen LogP contribution in [0.15, 0.2) is 10.8 Å². The van der Waals surface area contributed by atoms with Crippen molar-refractivity contribution in [2.45, 2.75) is 51.8 Å². The molecule has 1 spiro atoms. The molecule has 1 aromatic heterocycles. The van der Waals surface area contributed by atoms with E-state index in [9.17, 15) is 18.0 Å². The van der Waals surface area contributed by atoms with Crippen molar-refractivity contribution in [3.05, 3.63) is 16.6 Å². The van der Waals surface area contributed by atoms with Gasteiger partial charge in [-0.3, -0.25) is 0 Å². The molecule has 0 saturated carbocycles. The number of piperidine rings is 1. The van der Waals surface area contributed by atoms with Crippen molar-refractivity contribution in [3.8, 4) is 0 Å². The molecule has 2 aliphatic heterocycles. The van der Waals surface area contributed by atoms with Crippen LogP contribution in [-0.4, -0.2) is 52.7 Å². The Bertz CT molecular complexity index is 743. The SMILES string of the molecule is CC(C)(C)OC(=O)N1CCC2(CC1)CCN(c1cnc(C(F)(F)F)nc1Br)C2. The van der Waals surface area contributed by atoms with E-state index in [2.05, 4.69) is 25.9 Å². The third-order valence-electron chi connectivity index (χ3n) is 5.23. The molecule has 1 aromatic rings. The van der Waals surface area contributed by atoms with E-state index >= 15 is 0 Å². The van der Waals surface area contributed by atoms with Gasteiger partial charge in [0.25, 0.3) is 0 Å². The van der Waals surface area contributed by atoms with E-state index in [1.807, 2.05) is 25.7 Å². The second-order valence-corrected chi connectivity index (χ2v) is 9.26. The fraction of sp³-hybridized carbons (Fsp3) is 0.722. The highest BCUT2D eigenvalue weighted by Gasteiger charge is 2.43. The quantitative estimate of drug-likeness (QED) is 0.573. The van der Waals surface area contributed by atoms with Crippen molar-refractivity contribution >= 4 is 27.7 Å². The van der Waals surface area contributed by atoms with Crippen molar-refractivity contribution in [3.63, 3.8) is 0 Å². The second kappa shape index (κ2) is 7.35. The zero-order valence-electron chi connectivity index (χ0n) is 16.1. The first-order chi connectivity index (χ1) is 12.9. The number of carbonyl (C=O) groups is 1. The maximum absolute atomic E-state index is 12.8. The average molecular weight is 465 g/mol. The lowest BCUT2D eigenvalue weighted by molar-refractivity contribution is -0.145. The van der Waals surface area contributed by atoms with Gasteiger partial charge in [-0.25, -0.2) is 14.8 Å². The molecule has 1 amide bonds. The van der Waals surface area contributed by atoms with Crippen LogP contribution in [-0.2, 0) is 10.9 Å². The lowest BCUT2D eigenvalue weighted by Crippen LogP contribution is -2.46. The Balaban J connectivity index is 1.63. The molecule has 2 aliphatic rings. The molecule has 0 atom stereocenters. The monoisotopic (exact) mass is 464 g/mol. The zero-order chi connectivity index (χ0) is 20.7. The highest BCUT2D eigenvalue weighted by molar-refractivity contribution is 9.10. The van der Waals surface area contributed by atoms with Crippen molar-refractivity contribution < 1.29 is 22.7 Å². The van der Waals surface area contributed by atoms with Gasteiger partial charge in [0, 0.05) is 26.2 Å². The van der Waals surface area contributed by atoms with Crippen LogP contribution in [0.1, 0.15) is 45.9 Å². The largest absolute Gasteiger partial charge is 0.451 e. The summed E-state index contributed by atoms with van der Waals surface area (Å²) in [4.78, 5) is 23.0. The summed E-state index contributed by atoms with van der Waals surface area (Å²) in [5.41, 5.74) is 0.0887. The van der Waals surface area contributed by atoms with Crippen LogP contribution in [0.3, 0.4) is 0 Å². The molecule has 10 heteroatoms. The van der Waals surface area contributed by atoms with Crippen molar-refractivity contribution in [2.75, 3.05) is 31.1 Å². The lowest BCUT2D eigenvalue weighted by Gasteiger charge is -2.39. The predicted molar refractivity (Wildman–Crippen MR) is 101 cm³/mol. The minimum absolute atomic E-state index is 0.0423. The van der Waals surface area contributed by atoms with E-state index in [1.165, 1.54) is 6.20 Å². The van der Waals surface area contributed by atoms with Gasteiger partial charge in [0.05, 0.1) is 11.9 Å². The first-order valence-electron chi connectivity index (χ1n) is 9.21. The highest BCUT2D eigenvalue weighted by atomic mass is 79.9. The molecular weight excluding hydrogens is 441 g/mol. The number of nitrogens with zero attached hydrogens (tertiary/aromatic N) is 4. The summed E-state index contributed by atoms with van der Waals surface area (Å²) < 4.78 is 43.9. The number of aromatic nitrogens is 2. The van der Waals surface area contributed by atoms with Gasteiger partial charge in [-0.05, 0) is 61.4 Å². The number of likely N-dealkylation sites (tertiary alicyclic amines) is 1. The Hall–Kier alpha value is -1.58. The molecule has 2 saturated heterocycles. The van der Waals surface area contributed by atoms with E-state index < -0.39 is 17.6 Å². The molecule has 28 heavy (non-hydrogen) atoms. The first kappa shape index (κ1) is 21.1. The molecule has 0 aromatic carbocycles. The number of halogens is 4. The first-order valence-corrected chi connectivity index (χ1v) is 10.0. The molecular formula is C18H24BrF3N4O2. The van der Waals surface area contributed by atoms with Crippen molar-refractivity contribution in [1.82, 2.24) is 14.9 Å². The summed E-state index contributed by atoms with van der Waals surface area (Å²) in [6.45, 7) is 8.20. The van der Waals surface area contributed by atoms with Crippen LogP contribution in [0.25, 0.3) is 0 Å². The number of hydrogen-bond donors (Lipinski definition) is 0. The Morgan fingerprint density at radius 2 is 1.79 bits per heavy atom. The smallest absolute Gasteiger partial charge is 0.444 e. The number of rotatable bonds is 1. The van der Waals surface area contributed by atoms with Crippen LogP contribution in [0, 0.1) is 5.41 Å². The van der Waals surface area contributed by atoms with E-state index in [4.69, 9.17) is 4.74 Å². The van der Waals surface area contributed by atoms with Crippen molar-refractivity contribution in [2.24, 2.45) is 5.41 Å². The standard InChI is InChI=1S/C18H24BrF3N4O2/c1-16(2,3)28-15(27)25-7-4-17(5-8-25)6-9-26(11-17)12-10-23-14(18(20,21)22)24-13(12)19/h10H,4-9,11H2,1-3H3. The van der Waals surface area contributed by atoms with Gasteiger partial charge in [0.2, 0.25) is 5.82 Å². The van der Waals surface area contributed by atoms with Crippen LogP contribution in [0.5, 0.6) is 0 Å². The summed E-state index contributed by atoms with van der Waals surface area (Å²) in [6, 6.07) is 0. The minimum atomic E-state index is -4.57. The summed E-state index contributed by atoms with van der Waals surface area (Å²) in [5.74, 6) is -1.15. The number of hydrogen-bond acceptors (Lipinski definition) is 5. The minimum Gasteiger partial charge on any atom is -0.444 e. The molecule has 3 heterocycles. The fourth-order valence-corrected chi connectivity index (χ4v) is 4.26. The topological polar surface area (TPSA) is 58.6 Å². The van der Waals surface area contributed by atoms with E-state index in [1.54, 1.807) is 4.90 Å². The fourth-order valence-electron chi connectivity index (χ4n) is 3.74. The van der Waals surface area contributed by atoms with Gasteiger partial charge < -0.3 is 14.5 Å². The number of carbonyl (C=O) groups excluding carboxylic acids is 1. The van der Waals surface area contributed by atoms with Gasteiger partial charge in [-0.1, -0.05) is 0 Å². The van der Waals surface area contributed by atoms with Gasteiger partial charge in [-0.15, -0.1) is 0 Å². The van der Waals surface area contributed by atoms with Crippen LogP contribution >= 0.6 is 15.9 Å². The van der Waals surface area contributed by atoms with Crippen LogP contribution in [0.2, 0.25) is 0 Å². The summed E-state index contributed by atoms with van der Waals surface area (Å²) in [5, 5.41) is 0. The van der Waals surface area contributed by atoms with Gasteiger partial charge in [0.15, 0.2) is 0 Å². The Kier molecular flexibility index (Phi) is 5.55. The van der Waals surface area contributed by atoms with Gasteiger partial charge in [-0.2, -0.15) is 13.2 Å². The maximum Gasteiger partial charge on any atom is 0.451 e. The molecule has 0 unspecified atom stereocenters. The summed E-state index contributed by atoms with van der Waals surface area (Å²) in [6.07, 6.45) is -1.04. The molecule has 0 bridgehead atoms. The molecule has 3 rings (SSSR count).